The zero-order valence-corrected chi connectivity index (χ0v) is 23.5. The van der Waals surface area contributed by atoms with Gasteiger partial charge in [-0.25, -0.2) is 4.98 Å². The van der Waals surface area contributed by atoms with E-state index >= 15 is 0 Å². The minimum Gasteiger partial charge on any atom is -0.474 e. The number of anilines is 1. The van der Waals surface area contributed by atoms with Crippen LogP contribution in [0, 0.1) is 0 Å². The molecule has 8 nitrogen and oxygen atoms in total. The number of carbonyl (C=O) groups is 2. The lowest BCUT2D eigenvalue weighted by molar-refractivity contribution is -0.275. The summed E-state index contributed by atoms with van der Waals surface area (Å²) in [4.78, 5) is 31.8. The first-order valence-corrected chi connectivity index (χ1v) is 13.5. The van der Waals surface area contributed by atoms with Crippen LogP contribution in [0.3, 0.4) is 0 Å². The number of rotatable bonds is 8. The van der Waals surface area contributed by atoms with Gasteiger partial charge in [0, 0.05) is 35.4 Å². The number of hydrogen-bond acceptors (Lipinski definition) is 6. The summed E-state index contributed by atoms with van der Waals surface area (Å²) in [5.74, 6) is -1.83. The van der Waals surface area contributed by atoms with Crippen LogP contribution in [0.15, 0.2) is 36.5 Å². The highest BCUT2D eigenvalue weighted by Crippen LogP contribution is 2.40. The van der Waals surface area contributed by atoms with Crippen molar-refractivity contribution in [3.8, 4) is 11.5 Å². The van der Waals surface area contributed by atoms with Gasteiger partial charge < -0.3 is 25.0 Å². The maximum absolute atomic E-state index is 13.2. The Morgan fingerprint density at radius 3 is 2.19 bits per heavy atom. The van der Waals surface area contributed by atoms with Gasteiger partial charge in [0.05, 0.1) is 5.56 Å². The summed E-state index contributed by atoms with van der Waals surface area (Å²) in [7, 11) is 0. The van der Waals surface area contributed by atoms with Gasteiger partial charge in [0.2, 0.25) is 0 Å². The molecule has 2 bridgehead atoms. The number of fused-ring (bicyclic) bond motifs is 2. The lowest BCUT2D eigenvalue weighted by Gasteiger charge is -2.40. The van der Waals surface area contributed by atoms with Crippen molar-refractivity contribution in [2.45, 2.75) is 88.8 Å². The Balaban J connectivity index is 1.38. The zero-order valence-electron chi connectivity index (χ0n) is 22.8. The number of alkyl halides is 6. The van der Waals surface area contributed by atoms with Crippen LogP contribution in [-0.2, 0) is 4.79 Å². The third kappa shape index (κ3) is 7.50. The monoisotopic (exact) mass is 622 g/mol. The van der Waals surface area contributed by atoms with Crippen molar-refractivity contribution in [3.63, 3.8) is 0 Å². The van der Waals surface area contributed by atoms with Crippen molar-refractivity contribution in [1.29, 1.82) is 0 Å². The average molecular weight is 623 g/mol. The van der Waals surface area contributed by atoms with Gasteiger partial charge in [-0.05, 0) is 70.7 Å². The Kier molecular flexibility index (Phi) is 8.77. The van der Waals surface area contributed by atoms with Gasteiger partial charge in [-0.2, -0.15) is 13.2 Å². The molecule has 2 N–H and O–H groups in total. The molecule has 0 spiro atoms. The second-order valence-electron chi connectivity index (χ2n) is 10.8. The third-order valence-corrected chi connectivity index (χ3v) is 7.46. The summed E-state index contributed by atoms with van der Waals surface area (Å²) in [5.41, 5.74) is -1.56. The molecule has 0 radical (unpaired) electrons. The SMILES string of the molecule is C[C@@H](NC(=O)c1ccc(N2[C@@H]3CC[C@H]2C[C@@H](NC(=O)C(C)(C)Oc2ccc(Cl)cc2OC(F)(F)F)C3)nc1)C(F)(F)F. The van der Waals surface area contributed by atoms with Crippen molar-refractivity contribution in [3.05, 3.63) is 47.1 Å². The average Bonchev–Trinajstić information content (AvgIpc) is 3.14. The number of pyridine rings is 1. The van der Waals surface area contributed by atoms with Gasteiger partial charge in [0.25, 0.3) is 11.8 Å². The number of nitrogens with zero attached hydrogens (tertiary/aromatic N) is 2. The van der Waals surface area contributed by atoms with E-state index < -0.39 is 41.7 Å². The van der Waals surface area contributed by atoms with E-state index in [9.17, 15) is 35.9 Å². The number of piperidine rings is 1. The Morgan fingerprint density at radius 2 is 1.64 bits per heavy atom. The molecule has 3 heterocycles. The van der Waals surface area contributed by atoms with Gasteiger partial charge >= 0.3 is 12.5 Å². The van der Waals surface area contributed by atoms with E-state index in [1.54, 1.807) is 6.07 Å². The van der Waals surface area contributed by atoms with Crippen LogP contribution in [0.1, 0.15) is 56.8 Å². The fraction of sp³-hybridized carbons (Fsp3) is 0.519. The van der Waals surface area contributed by atoms with E-state index in [1.165, 1.54) is 38.2 Å². The minimum absolute atomic E-state index is 0.00133. The Labute approximate surface area is 242 Å². The summed E-state index contributed by atoms with van der Waals surface area (Å²) in [5, 5.41) is 4.84. The first kappa shape index (κ1) is 31.5. The zero-order chi connectivity index (χ0) is 31.0. The molecular weight excluding hydrogens is 594 g/mol. The number of aromatic nitrogens is 1. The molecule has 2 amide bonds. The molecule has 4 atom stereocenters. The van der Waals surface area contributed by atoms with E-state index in [-0.39, 0.29) is 34.5 Å². The van der Waals surface area contributed by atoms with Crippen molar-refractivity contribution >= 4 is 29.2 Å². The maximum atomic E-state index is 13.2. The molecular formula is C27H29ClF6N4O4. The van der Waals surface area contributed by atoms with Gasteiger partial charge in [-0.1, -0.05) is 11.6 Å². The molecule has 2 aliphatic heterocycles. The van der Waals surface area contributed by atoms with Crippen LogP contribution in [0.5, 0.6) is 11.5 Å². The highest BCUT2D eigenvalue weighted by Gasteiger charge is 2.44. The number of hydrogen-bond donors (Lipinski definition) is 2. The second-order valence-corrected chi connectivity index (χ2v) is 11.3. The smallest absolute Gasteiger partial charge is 0.474 e. The summed E-state index contributed by atoms with van der Waals surface area (Å²) >= 11 is 5.81. The highest BCUT2D eigenvalue weighted by molar-refractivity contribution is 6.30. The predicted octanol–water partition coefficient (Wildman–Crippen LogP) is 5.79. The quantitative estimate of drug-likeness (QED) is 0.362. The van der Waals surface area contributed by atoms with E-state index in [4.69, 9.17) is 16.3 Å². The topological polar surface area (TPSA) is 92.8 Å². The van der Waals surface area contributed by atoms with Crippen LogP contribution < -0.4 is 25.0 Å². The fourth-order valence-corrected chi connectivity index (χ4v) is 5.32. The number of halogens is 7. The Hall–Kier alpha value is -3.42. The molecule has 0 unspecified atom stereocenters. The lowest BCUT2D eigenvalue weighted by atomic mass is 9.96. The molecule has 42 heavy (non-hydrogen) atoms. The van der Waals surface area contributed by atoms with Gasteiger partial charge in [0.15, 0.2) is 17.1 Å². The van der Waals surface area contributed by atoms with Crippen LogP contribution in [0.2, 0.25) is 5.02 Å². The molecule has 4 rings (SSSR count). The molecule has 0 aliphatic carbocycles. The number of carbonyl (C=O) groups excluding carboxylic acids is 2. The van der Waals surface area contributed by atoms with E-state index in [0.29, 0.717) is 18.7 Å². The van der Waals surface area contributed by atoms with Crippen molar-refractivity contribution in [1.82, 2.24) is 15.6 Å². The van der Waals surface area contributed by atoms with Crippen molar-refractivity contribution < 1.29 is 45.4 Å². The van der Waals surface area contributed by atoms with E-state index in [0.717, 1.165) is 25.8 Å². The summed E-state index contributed by atoms with van der Waals surface area (Å²) in [6.45, 7) is 3.70. The first-order valence-electron chi connectivity index (χ1n) is 13.1. The van der Waals surface area contributed by atoms with Gasteiger partial charge in [-0.15, -0.1) is 13.2 Å². The summed E-state index contributed by atoms with van der Waals surface area (Å²) < 4.78 is 86.6. The number of ether oxygens (including phenoxy) is 2. The fourth-order valence-electron chi connectivity index (χ4n) is 5.15. The van der Waals surface area contributed by atoms with Crippen LogP contribution in [0.4, 0.5) is 32.2 Å². The molecule has 2 saturated heterocycles. The molecule has 2 aromatic rings. The normalized spacial score (nSPS) is 21.5. The molecule has 1 aromatic carbocycles. The molecule has 2 fully saturated rings. The first-order chi connectivity index (χ1) is 19.4. The largest absolute Gasteiger partial charge is 0.573 e. The standard InChI is InChI=1S/C27H29ClF6N4O4/c1-14(26(29,30)31)36-23(39)15-4-9-22(35-13-15)38-18-6-7-19(38)12-17(11-18)37-24(40)25(2,3)41-20-8-5-16(28)10-21(20)42-27(32,33)34/h4-5,8-10,13-14,17-19H,6-7,11-12H2,1-3H3,(H,36,39)(H,37,40)/t14-,17-,18+,19-/m1/s1. The summed E-state index contributed by atoms with van der Waals surface area (Å²) in [6.07, 6.45) is -5.60. The number of nitrogens with one attached hydrogen (secondary N) is 2. The van der Waals surface area contributed by atoms with Gasteiger partial charge in [0.1, 0.15) is 11.9 Å². The summed E-state index contributed by atoms with van der Waals surface area (Å²) in [6, 6.07) is 4.19. The van der Waals surface area contributed by atoms with E-state index in [2.05, 4.69) is 19.9 Å². The van der Waals surface area contributed by atoms with E-state index in [1.807, 2.05) is 5.32 Å². The predicted molar refractivity (Wildman–Crippen MR) is 141 cm³/mol. The van der Waals surface area contributed by atoms with Gasteiger partial charge in [-0.3, -0.25) is 9.59 Å². The van der Waals surface area contributed by atoms with Crippen molar-refractivity contribution in [2.24, 2.45) is 0 Å². The second kappa shape index (κ2) is 11.7. The van der Waals surface area contributed by atoms with Crippen molar-refractivity contribution in [2.75, 3.05) is 4.90 Å². The number of amides is 2. The number of benzene rings is 1. The Morgan fingerprint density at radius 1 is 1.00 bits per heavy atom. The highest BCUT2D eigenvalue weighted by atomic mass is 35.5. The molecule has 0 saturated carbocycles. The lowest BCUT2D eigenvalue weighted by Crippen LogP contribution is -2.55. The minimum atomic E-state index is -4.99. The van der Waals surface area contributed by atoms with Crippen LogP contribution in [-0.4, -0.2) is 59.1 Å². The third-order valence-electron chi connectivity index (χ3n) is 7.22. The van der Waals surface area contributed by atoms with Crippen LogP contribution >= 0.6 is 11.6 Å². The molecule has 2 aliphatic rings. The van der Waals surface area contributed by atoms with Crippen LogP contribution in [0.25, 0.3) is 0 Å². The Bertz CT molecular complexity index is 1290. The molecule has 230 valence electrons. The molecule has 1 aromatic heterocycles. The molecule has 15 heteroatoms. The maximum Gasteiger partial charge on any atom is 0.573 e.